The van der Waals surface area contributed by atoms with Gasteiger partial charge in [0.25, 0.3) is 0 Å². The van der Waals surface area contributed by atoms with E-state index in [-0.39, 0.29) is 11.9 Å². The van der Waals surface area contributed by atoms with Crippen molar-refractivity contribution in [3.8, 4) is 5.69 Å². The third-order valence-electron chi connectivity index (χ3n) is 6.63. The zero-order valence-corrected chi connectivity index (χ0v) is 19.0. The molecule has 0 aliphatic heterocycles. The zero-order chi connectivity index (χ0) is 22.7. The molecule has 4 N–H and O–H groups in total. The van der Waals surface area contributed by atoms with Gasteiger partial charge in [-0.3, -0.25) is 0 Å². The molecule has 5 heteroatoms. The van der Waals surface area contributed by atoms with Crippen molar-refractivity contribution in [3.63, 3.8) is 0 Å². The minimum absolute atomic E-state index is 0.228. The fourth-order valence-electron chi connectivity index (χ4n) is 4.61. The summed E-state index contributed by atoms with van der Waals surface area (Å²) < 4.78 is 15.2. The summed E-state index contributed by atoms with van der Waals surface area (Å²) >= 11 is 0. The van der Waals surface area contributed by atoms with Crippen molar-refractivity contribution in [1.82, 2.24) is 9.78 Å². The van der Waals surface area contributed by atoms with Gasteiger partial charge in [-0.1, -0.05) is 29.8 Å². The minimum atomic E-state index is -0.730. The summed E-state index contributed by atoms with van der Waals surface area (Å²) in [6, 6.07) is 15.1. The van der Waals surface area contributed by atoms with Gasteiger partial charge in [-0.05, 0) is 93.8 Å². The van der Waals surface area contributed by atoms with Gasteiger partial charge in [0.2, 0.25) is 0 Å². The van der Waals surface area contributed by atoms with Crippen LogP contribution in [0.1, 0.15) is 68.0 Å². The Bertz CT molecular complexity index is 1100. The molecule has 0 saturated heterocycles. The monoisotopic (exact) mass is 434 g/mol. The molecule has 168 valence electrons. The molecule has 1 unspecified atom stereocenters. The average molecular weight is 435 g/mol. The maximum Gasteiger partial charge on any atom is 0.123 e. The molecule has 4 rings (SSSR count). The van der Waals surface area contributed by atoms with Gasteiger partial charge in [-0.25, -0.2) is 9.07 Å². The molecule has 0 fully saturated rings. The van der Waals surface area contributed by atoms with E-state index in [2.05, 4.69) is 55.0 Å². The van der Waals surface area contributed by atoms with Crippen molar-refractivity contribution in [1.29, 1.82) is 0 Å². The average Bonchev–Trinajstić information content (AvgIpc) is 3.19. The molecule has 32 heavy (non-hydrogen) atoms. The van der Waals surface area contributed by atoms with Crippen molar-refractivity contribution in [3.05, 3.63) is 88.5 Å². The number of hydrogen-bond donors (Lipinski definition) is 2. The Hall–Kier alpha value is -2.76. The van der Waals surface area contributed by atoms with Gasteiger partial charge in [0.1, 0.15) is 11.9 Å². The molecule has 0 bridgehead atoms. The van der Waals surface area contributed by atoms with E-state index in [1.54, 1.807) is 12.1 Å². The number of rotatable bonds is 5. The highest BCUT2D eigenvalue weighted by Gasteiger charge is 2.29. The van der Waals surface area contributed by atoms with Crippen LogP contribution in [-0.4, -0.2) is 20.5 Å². The molecule has 4 nitrogen and oxygen atoms in total. The van der Waals surface area contributed by atoms with Crippen molar-refractivity contribution >= 4 is 6.08 Å². The number of aromatic nitrogens is 2. The molecule has 1 aliphatic rings. The summed E-state index contributed by atoms with van der Waals surface area (Å²) in [4.78, 5) is 0. The smallest absolute Gasteiger partial charge is 0.123 e. The maximum atomic E-state index is 13.4. The summed E-state index contributed by atoms with van der Waals surface area (Å²) in [5.74, 6) is -0.257. The maximum absolute atomic E-state index is 13.4. The Morgan fingerprint density at radius 3 is 2.59 bits per heavy atom. The molecule has 0 radical (unpaired) electrons. The molecular weight excluding hydrogens is 401 g/mol. The van der Waals surface area contributed by atoms with Gasteiger partial charge in [0, 0.05) is 5.56 Å². The van der Waals surface area contributed by atoms with Crippen molar-refractivity contribution in [2.24, 2.45) is 0 Å². The lowest BCUT2D eigenvalue weighted by atomic mass is 9.84. The molecule has 1 heterocycles. The molecule has 0 saturated carbocycles. The predicted octanol–water partition coefficient (Wildman–Crippen LogP) is 4.81. The molecule has 0 spiro atoms. The molecule has 3 aromatic rings. The Morgan fingerprint density at radius 1 is 1.12 bits per heavy atom. The molecular formula is C27H33FN3O+. The molecule has 1 aromatic heterocycles. The fraction of sp³-hybridized carbons (Fsp3) is 0.370. The number of fused-ring (bicyclic) bond motifs is 1. The van der Waals surface area contributed by atoms with Crippen LogP contribution in [-0.2, 0) is 12.8 Å². The zero-order valence-electron chi connectivity index (χ0n) is 19.0. The summed E-state index contributed by atoms with van der Waals surface area (Å²) in [7, 11) is 0. The Kier molecular flexibility index (Phi) is 6.58. The van der Waals surface area contributed by atoms with E-state index in [0.29, 0.717) is 6.42 Å². The summed E-state index contributed by atoms with van der Waals surface area (Å²) in [6.07, 6.45) is 8.64. The van der Waals surface area contributed by atoms with Crippen LogP contribution in [0.25, 0.3) is 11.8 Å². The van der Waals surface area contributed by atoms with Gasteiger partial charge >= 0.3 is 0 Å². The minimum Gasteiger partial charge on any atom is -0.390 e. The lowest BCUT2D eigenvalue weighted by molar-refractivity contribution is -0.420. The summed E-state index contributed by atoms with van der Waals surface area (Å²) in [5.41, 5.74) is 10.2. The summed E-state index contributed by atoms with van der Waals surface area (Å²) in [6.45, 7) is 4.22. The third kappa shape index (κ3) is 5.00. The Morgan fingerprint density at radius 2 is 1.84 bits per heavy atom. The first-order chi connectivity index (χ1) is 15.3. The van der Waals surface area contributed by atoms with E-state index in [0.717, 1.165) is 49.0 Å². The van der Waals surface area contributed by atoms with Gasteiger partial charge in [0.15, 0.2) is 0 Å². The van der Waals surface area contributed by atoms with E-state index < -0.39 is 5.60 Å². The number of quaternary nitrogens is 1. The van der Waals surface area contributed by atoms with E-state index in [4.69, 9.17) is 0 Å². The summed E-state index contributed by atoms with van der Waals surface area (Å²) in [5, 5.41) is 16.2. The van der Waals surface area contributed by atoms with E-state index in [1.807, 2.05) is 10.9 Å². The van der Waals surface area contributed by atoms with Gasteiger partial charge < -0.3 is 10.8 Å². The van der Waals surface area contributed by atoms with Crippen LogP contribution < -0.4 is 5.73 Å². The third-order valence-corrected chi connectivity index (χ3v) is 6.63. The van der Waals surface area contributed by atoms with Crippen LogP contribution in [0.3, 0.4) is 0 Å². The highest BCUT2D eigenvalue weighted by Crippen LogP contribution is 2.32. The number of allylic oxidation sites excluding steroid dienone is 1. The topological polar surface area (TPSA) is 65.7 Å². The number of aliphatic hydroxyl groups is 1. The van der Waals surface area contributed by atoms with E-state index in [9.17, 15) is 9.50 Å². The first-order valence-electron chi connectivity index (χ1n) is 11.5. The van der Waals surface area contributed by atoms with Gasteiger partial charge in [-0.15, -0.1) is 0 Å². The second-order valence-electron chi connectivity index (χ2n) is 9.26. The lowest BCUT2D eigenvalue weighted by Gasteiger charge is -2.28. The number of hydrogen-bond acceptors (Lipinski definition) is 2. The quantitative estimate of drug-likeness (QED) is 0.605. The second kappa shape index (κ2) is 9.39. The molecule has 1 aliphatic carbocycles. The number of benzene rings is 2. The standard InChI is InChI=1S/C27H32FN3O/c1-19-11-14-27(32,15-12-21-5-3-4-6-25(21)20(2)29)16-13-22-18-30-31(26(22)17-19)24-9-7-23(28)8-10-24/h3-10,17-18,20,32H,11-16,29H2,1-2H3/p+1/b19-17+/t20-,27?/m1/s1. The van der Waals surface area contributed by atoms with Crippen LogP contribution in [0, 0.1) is 5.82 Å². The molecule has 2 atom stereocenters. The number of aryl methyl sites for hydroxylation is 2. The second-order valence-corrected chi connectivity index (χ2v) is 9.26. The predicted molar refractivity (Wildman–Crippen MR) is 126 cm³/mol. The largest absolute Gasteiger partial charge is 0.390 e. The highest BCUT2D eigenvalue weighted by atomic mass is 19.1. The van der Waals surface area contributed by atoms with Crippen LogP contribution in [0.15, 0.2) is 60.3 Å². The first kappa shape index (κ1) is 22.4. The molecule has 0 amide bonds. The van der Waals surface area contributed by atoms with Gasteiger partial charge in [-0.2, -0.15) is 5.10 Å². The van der Waals surface area contributed by atoms with E-state index in [1.165, 1.54) is 28.8 Å². The van der Waals surface area contributed by atoms with Crippen LogP contribution >= 0.6 is 0 Å². The first-order valence-corrected chi connectivity index (χ1v) is 11.5. The molecule has 2 aromatic carbocycles. The normalized spacial score (nSPS) is 21.6. The number of halogens is 1. The van der Waals surface area contributed by atoms with Crippen LogP contribution in [0.5, 0.6) is 0 Å². The fourth-order valence-corrected chi connectivity index (χ4v) is 4.61. The Labute approximate surface area is 189 Å². The SMILES string of the molecule is C/C1=C\c2c(cnn2-c2ccc(F)cc2)CCC(O)(CCc2ccccc2[C@@H](C)[NH3+])CC1. The van der Waals surface area contributed by atoms with Crippen LogP contribution in [0.2, 0.25) is 0 Å². The van der Waals surface area contributed by atoms with Crippen LogP contribution in [0.4, 0.5) is 4.39 Å². The number of nitrogens with zero attached hydrogens (tertiary/aromatic N) is 2. The van der Waals surface area contributed by atoms with Gasteiger partial charge in [0.05, 0.1) is 23.2 Å². The highest BCUT2D eigenvalue weighted by molar-refractivity contribution is 5.56. The lowest BCUT2D eigenvalue weighted by Crippen LogP contribution is -2.52. The van der Waals surface area contributed by atoms with Crippen molar-refractivity contribution < 1.29 is 15.2 Å². The van der Waals surface area contributed by atoms with Crippen molar-refractivity contribution in [2.45, 2.75) is 64.0 Å². The van der Waals surface area contributed by atoms with E-state index >= 15 is 0 Å². The Balaban J connectivity index is 1.56. The van der Waals surface area contributed by atoms with Crippen molar-refractivity contribution in [2.75, 3.05) is 0 Å².